The van der Waals surface area contributed by atoms with Gasteiger partial charge in [0.1, 0.15) is 0 Å². The average molecular weight is 341 g/mol. The van der Waals surface area contributed by atoms with E-state index in [2.05, 4.69) is 17.2 Å². The number of carbonyl (C=O) groups is 4. The summed E-state index contributed by atoms with van der Waals surface area (Å²) in [5.74, 6) is -1.35. The van der Waals surface area contributed by atoms with E-state index in [1.807, 2.05) is 0 Å². The highest BCUT2D eigenvalue weighted by Crippen LogP contribution is 2.50. The van der Waals surface area contributed by atoms with E-state index in [0.717, 1.165) is 6.08 Å². The second-order valence-electron chi connectivity index (χ2n) is 6.88. The number of hydrogen-bond donors (Lipinski definition) is 2. The van der Waals surface area contributed by atoms with Gasteiger partial charge in [0.2, 0.25) is 17.7 Å². The van der Waals surface area contributed by atoms with Crippen molar-refractivity contribution in [2.45, 2.75) is 13.8 Å². The van der Waals surface area contributed by atoms with Gasteiger partial charge in [-0.3, -0.25) is 24.5 Å². The fourth-order valence-corrected chi connectivity index (χ4v) is 3.44. The van der Waals surface area contributed by atoms with E-state index in [1.165, 1.54) is 4.90 Å². The van der Waals surface area contributed by atoms with Crippen molar-refractivity contribution in [3.05, 3.63) is 42.5 Å². The average Bonchev–Trinajstić information content (AvgIpc) is 2.95. The zero-order valence-corrected chi connectivity index (χ0v) is 14.1. The highest BCUT2D eigenvalue weighted by Gasteiger charge is 2.66. The van der Waals surface area contributed by atoms with Crippen molar-refractivity contribution in [1.29, 1.82) is 0 Å². The fourth-order valence-electron chi connectivity index (χ4n) is 3.44. The van der Waals surface area contributed by atoms with Crippen molar-refractivity contribution >= 4 is 29.3 Å². The van der Waals surface area contributed by atoms with Gasteiger partial charge in [0.15, 0.2) is 0 Å². The summed E-state index contributed by atoms with van der Waals surface area (Å²) in [5.41, 5.74) is -1.02. The summed E-state index contributed by atoms with van der Waals surface area (Å²) < 4.78 is 0. The third-order valence-electron chi connectivity index (χ3n) is 5.31. The van der Waals surface area contributed by atoms with Gasteiger partial charge in [-0.1, -0.05) is 12.6 Å². The third-order valence-corrected chi connectivity index (χ3v) is 5.31. The maximum atomic E-state index is 12.8. The van der Waals surface area contributed by atoms with Gasteiger partial charge in [0.25, 0.3) is 5.91 Å². The Kier molecular flexibility index (Phi) is 3.74. The van der Waals surface area contributed by atoms with Crippen LogP contribution in [0.25, 0.3) is 0 Å². The lowest BCUT2D eigenvalue weighted by atomic mass is 9.70. The van der Waals surface area contributed by atoms with Crippen LogP contribution in [0.15, 0.2) is 36.9 Å². The first kappa shape index (κ1) is 16.9. The Morgan fingerprint density at radius 3 is 2.36 bits per heavy atom. The number of nitrogens with one attached hydrogen (secondary N) is 2. The molecule has 1 aromatic carbocycles. The lowest BCUT2D eigenvalue weighted by Crippen LogP contribution is -2.38. The molecule has 0 spiro atoms. The van der Waals surface area contributed by atoms with Gasteiger partial charge in [0, 0.05) is 24.3 Å². The van der Waals surface area contributed by atoms with E-state index < -0.39 is 10.8 Å². The molecule has 0 radical (unpaired) electrons. The number of nitrogens with zero attached hydrogens (tertiary/aromatic N) is 1. The van der Waals surface area contributed by atoms with E-state index in [1.54, 1.807) is 38.1 Å². The van der Waals surface area contributed by atoms with Gasteiger partial charge >= 0.3 is 0 Å². The minimum absolute atomic E-state index is 0.170. The molecule has 7 nitrogen and oxygen atoms in total. The van der Waals surface area contributed by atoms with Crippen molar-refractivity contribution in [1.82, 2.24) is 10.2 Å². The normalized spacial score (nSPS) is 27.7. The summed E-state index contributed by atoms with van der Waals surface area (Å²) in [5, 5.41) is 4.96. The minimum atomic E-state index is -0.936. The molecule has 3 rings (SSSR count). The minimum Gasteiger partial charge on any atom is -0.336 e. The molecule has 2 N–H and O–H groups in total. The lowest BCUT2D eigenvalue weighted by Gasteiger charge is -2.25. The summed E-state index contributed by atoms with van der Waals surface area (Å²) in [4.78, 5) is 50.1. The summed E-state index contributed by atoms with van der Waals surface area (Å²) in [6, 6.07) is 6.51. The van der Waals surface area contributed by atoms with Gasteiger partial charge in [0.05, 0.1) is 10.8 Å². The molecule has 2 heterocycles. The molecule has 7 heteroatoms. The second-order valence-corrected chi connectivity index (χ2v) is 6.88. The zero-order valence-electron chi connectivity index (χ0n) is 14.1. The number of anilines is 1. The number of amides is 4. The number of fused-ring (bicyclic) bond motifs is 1. The summed E-state index contributed by atoms with van der Waals surface area (Å²) in [6.07, 6.45) is 1.14. The van der Waals surface area contributed by atoms with Crippen LogP contribution in [0.2, 0.25) is 0 Å². The molecule has 2 aliphatic rings. The van der Waals surface area contributed by atoms with Crippen LogP contribution in [-0.2, 0) is 14.4 Å². The number of likely N-dealkylation sites (tertiary alicyclic amines) is 1. The molecule has 0 aliphatic carbocycles. The molecule has 0 bridgehead atoms. The van der Waals surface area contributed by atoms with Crippen molar-refractivity contribution in [2.75, 3.05) is 18.4 Å². The summed E-state index contributed by atoms with van der Waals surface area (Å²) in [7, 11) is 0. The van der Waals surface area contributed by atoms with Crippen LogP contribution in [0.4, 0.5) is 5.69 Å². The molecule has 1 aromatic rings. The molecule has 0 aromatic heterocycles. The van der Waals surface area contributed by atoms with Gasteiger partial charge < -0.3 is 10.2 Å². The van der Waals surface area contributed by atoms with Crippen molar-refractivity contribution in [3.63, 3.8) is 0 Å². The smallest absolute Gasteiger partial charge is 0.253 e. The number of rotatable bonds is 3. The van der Waals surface area contributed by atoms with Crippen LogP contribution in [0.1, 0.15) is 24.2 Å². The number of hydrogen-bond acceptors (Lipinski definition) is 4. The van der Waals surface area contributed by atoms with E-state index >= 15 is 0 Å². The Balaban J connectivity index is 1.85. The van der Waals surface area contributed by atoms with Gasteiger partial charge in [-0.05, 0) is 38.1 Å². The van der Waals surface area contributed by atoms with Crippen molar-refractivity contribution in [3.8, 4) is 0 Å². The van der Waals surface area contributed by atoms with E-state index in [9.17, 15) is 19.2 Å². The van der Waals surface area contributed by atoms with Crippen LogP contribution in [-0.4, -0.2) is 41.6 Å². The molecule has 25 heavy (non-hydrogen) atoms. The predicted molar refractivity (Wildman–Crippen MR) is 90.5 cm³/mol. The highest BCUT2D eigenvalue weighted by molar-refractivity contribution is 6.11. The van der Waals surface area contributed by atoms with Crippen LogP contribution in [0, 0.1) is 10.8 Å². The maximum absolute atomic E-state index is 12.8. The molecular weight excluding hydrogens is 322 g/mol. The third kappa shape index (κ3) is 2.43. The van der Waals surface area contributed by atoms with Crippen LogP contribution in [0.5, 0.6) is 0 Å². The first-order valence-corrected chi connectivity index (χ1v) is 7.90. The Hall–Kier alpha value is -2.96. The zero-order chi connectivity index (χ0) is 18.4. The largest absolute Gasteiger partial charge is 0.336 e. The predicted octanol–water partition coefficient (Wildman–Crippen LogP) is 0.936. The topological polar surface area (TPSA) is 95.6 Å². The second kappa shape index (κ2) is 5.54. The van der Waals surface area contributed by atoms with Gasteiger partial charge in [-0.15, -0.1) is 0 Å². The van der Waals surface area contributed by atoms with Crippen LogP contribution < -0.4 is 10.6 Å². The fraction of sp³-hybridized carbons (Fsp3) is 0.333. The Labute approximate surface area is 145 Å². The van der Waals surface area contributed by atoms with E-state index in [4.69, 9.17) is 0 Å². The molecule has 2 saturated heterocycles. The molecule has 4 amide bonds. The number of carbonyl (C=O) groups excluding carboxylic acids is 4. The summed E-state index contributed by atoms with van der Waals surface area (Å²) in [6.45, 7) is 7.14. The highest BCUT2D eigenvalue weighted by atomic mass is 16.2. The van der Waals surface area contributed by atoms with Gasteiger partial charge in [-0.2, -0.15) is 0 Å². The summed E-state index contributed by atoms with van der Waals surface area (Å²) >= 11 is 0. The maximum Gasteiger partial charge on any atom is 0.253 e. The molecule has 2 unspecified atom stereocenters. The molecular formula is C18H19N3O4. The Bertz CT molecular complexity index is 790. The Morgan fingerprint density at radius 2 is 1.80 bits per heavy atom. The SMILES string of the molecule is C=CC(=O)Nc1cccc(C(=O)N2CC3(C)C(=O)NC(=O)C3(C)C2)c1. The lowest BCUT2D eigenvalue weighted by molar-refractivity contribution is -0.128. The van der Waals surface area contributed by atoms with E-state index in [0.29, 0.717) is 11.3 Å². The first-order valence-electron chi connectivity index (χ1n) is 7.90. The number of imide groups is 1. The van der Waals surface area contributed by atoms with Crippen molar-refractivity contribution in [2.24, 2.45) is 10.8 Å². The van der Waals surface area contributed by atoms with E-state index in [-0.39, 0.29) is 36.7 Å². The molecule has 2 fully saturated rings. The standard InChI is InChI=1S/C18H19N3O4/c1-4-13(22)19-12-7-5-6-11(8-12)14(23)21-9-17(2)15(24)20-16(25)18(17,3)10-21/h4-8H,1,9-10H2,2-3H3,(H,19,22)(H,20,24,25). The molecule has 2 aliphatic heterocycles. The molecule has 130 valence electrons. The first-order chi connectivity index (χ1) is 11.7. The quantitative estimate of drug-likeness (QED) is 0.632. The monoisotopic (exact) mass is 341 g/mol. The van der Waals surface area contributed by atoms with Crippen molar-refractivity contribution < 1.29 is 19.2 Å². The Morgan fingerprint density at radius 1 is 1.20 bits per heavy atom. The van der Waals surface area contributed by atoms with Gasteiger partial charge in [-0.25, -0.2) is 0 Å². The number of benzene rings is 1. The molecule has 2 atom stereocenters. The molecule has 0 saturated carbocycles. The van der Waals surface area contributed by atoms with Crippen LogP contribution in [0.3, 0.4) is 0 Å². The van der Waals surface area contributed by atoms with Crippen LogP contribution >= 0.6 is 0 Å².